The van der Waals surface area contributed by atoms with E-state index in [9.17, 15) is 4.79 Å². The molecule has 1 aromatic heterocycles. The molecule has 1 aromatic carbocycles. The number of aryl methyl sites for hydroxylation is 1. The number of aromatic nitrogens is 2. The summed E-state index contributed by atoms with van der Waals surface area (Å²) in [5.74, 6) is 0.679. The number of rotatable bonds is 4. The summed E-state index contributed by atoms with van der Waals surface area (Å²) in [6.07, 6.45) is 8.24. The highest BCUT2D eigenvalue weighted by Crippen LogP contribution is 2.16. The van der Waals surface area contributed by atoms with Crippen LogP contribution in [-0.4, -0.2) is 29.0 Å². The summed E-state index contributed by atoms with van der Waals surface area (Å²) in [5.41, 5.74) is 2.63. The minimum absolute atomic E-state index is 0.188. The van der Waals surface area contributed by atoms with Gasteiger partial charge in [-0.1, -0.05) is 42.7 Å². The number of nitrogens with zero attached hydrogens (tertiary/aromatic N) is 3. The first-order chi connectivity index (χ1) is 11.7. The van der Waals surface area contributed by atoms with E-state index in [0.717, 1.165) is 24.5 Å². The summed E-state index contributed by atoms with van der Waals surface area (Å²) in [7, 11) is 0. The zero-order valence-corrected chi connectivity index (χ0v) is 14.2. The maximum Gasteiger partial charge on any atom is 0.271 e. The molecule has 1 amide bonds. The smallest absolute Gasteiger partial charge is 0.271 e. The van der Waals surface area contributed by atoms with Crippen molar-refractivity contribution in [3.8, 4) is 0 Å². The van der Waals surface area contributed by atoms with Gasteiger partial charge in [0.25, 0.3) is 5.91 Å². The largest absolute Gasteiger partial charge is 0.355 e. The minimum Gasteiger partial charge on any atom is -0.355 e. The monoisotopic (exact) mass is 324 g/mol. The number of hydrogen-bond acceptors (Lipinski definition) is 4. The number of hydrogen-bond donors (Lipinski definition) is 1. The summed E-state index contributed by atoms with van der Waals surface area (Å²) in [6.45, 7) is 4.58. The molecule has 0 bridgehead atoms. The van der Waals surface area contributed by atoms with Crippen molar-refractivity contribution in [3.05, 3.63) is 53.5 Å². The standard InChI is InChI=1S/C19H24N4O/c1-15-7-6-8-16(11-15)12-22-19(24)17-13-21-18(14-20-17)23-9-4-2-3-5-10-23/h6-8,11,13-14H,2-5,9-10,12H2,1H3,(H,22,24). The fourth-order valence-electron chi connectivity index (χ4n) is 3.00. The van der Waals surface area contributed by atoms with Gasteiger partial charge in [-0.3, -0.25) is 4.79 Å². The lowest BCUT2D eigenvalue weighted by molar-refractivity contribution is 0.0945. The molecule has 1 aliphatic heterocycles. The van der Waals surface area contributed by atoms with E-state index in [0.29, 0.717) is 12.2 Å². The maximum absolute atomic E-state index is 12.2. The van der Waals surface area contributed by atoms with Crippen LogP contribution in [0, 0.1) is 6.92 Å². The third-order valence-electron chi connectivity index (χ3n) is 4.34. The lowest BCUT2D eigenvalue weighted by atomic mass is 10.1. The van der Waals surface area contributed by atoms with Gasteiger partial charge in [0.05, 0.1) is 12.4 Å². The van der Waals surface area contributed by atoms with E-state index in [1.165, 1.54) is 31.2 Å². The van der Waals surface area contributed by atoms with Crippen LogP contribution in [0.25, 0.3) is 0 Å². The second-order valence-corrected chi connectivity index (χ2v) is 6.33. The van der Waals surface area contributed by atoms with Crippen molar-refractivity contribution < 1.29 is 4.79 Å². The molecule has 0 aliphatic carbocycles. The average Bonchev–Trinajstić information content (AvgIpc) is 2.89. The quantitative estimate of drug-likeness (QED) is 0.939. The Hall–Kier alpha value is -2.43. The van der Waals surface area contributed by atoms with Crippen LogP contribution >= 0.6 is 0 Å². The number of nitrogens with one attached hydrogen (secondary N) is 1. The number of benzene rings is 1. The molecule has 0 saturated carbocycles. The van der Waals surface area contributed by atoms with E-state index >= 15 is 0 Å². The van der Waals surface area contributed by atoms with Gasteiger partial charge in [0, 0.05) is 19.6 Å². The van der Waals surface area contributed by atoms with Crippen molar-refractivity contribution in [2.24, 2.45) is 0 Å². The van der Waals surface area contributed by atoms with Crippen molar-refractivity contribution in [2.45, 2.75) is 39.2 Å². The Labute approximate surface area is 143 Å². The first-order valence-electron chi connectivity index (χ1n) is 8.63. The Kier molecular flexibility index (Phi) is 5.41. The molecule has 0 unspecified atom stereocenters. The topological polar surface area (TPSA) is 58.1 Å². The third kappa shape index (κ3) is 4.31. The Bertz CT molecular complexity index is 676. The molecule has 0 spiro atoms. The van der Waals surface area contributed by atoms with Crippen molar-refractivity contribution in [1.29, 1.82) is 0 Å². The molecule has 1 saturated heterocycles. The van der Waals surface area contributed by atoms with Gasteiger partial charge >= 0.3 is 0 Å². The van der Waals surface area contributed by atoms with E-state index in [1.54, 1.807) is 12.4 Å². The molecule has 126 valence electrons. The average molecular weight is 324 g/mol. The molecule has 2 aromatic rings. The minimum atomic E-state index is -0.188. The molecule has 5 heteroatoms. The third-order valence-corrected chi connectivity index (χ3v) is 4.34. The van der Waals surface area contributed by atoms with Crippen molar-refractivity contribution in [2.75, 3.05) is 18.0 Å². The zero-order chi connectivity index (χ0) is 16.8. The van der Waals surface area contributed by atoms with Gasteiger partial charge in [-0.25, -0.2) is 9.97 Å². The highest BCUT2D eigenvalue weighted by atomic mass is 16.1. The molecule has 1 N–H and O–H groups in total. The first kappa shape index (κ1) is 16.4. The number of amides is 1. The van der Waals surface area contributed by atoms with Gasteiger partial charge < -0.3 is 10.2 Å². The second kappa shape index (κ2) is 7.90. The van der Waals surface area contributed by atoms with Gasteiger partial charge in [0.1, 0.15) is 11.5 Å². The highest BCUT2D eigenvalue weighted by molar-refractivity contribution is 5.91. The molecule has 0 radical (unpaired) electrons. The van der Waals surface area contributed by atoms with Gasteiger partial charge in [-0.15, -0.1) is 0 Å². The predicted molar refractivity (Wildman–Crippen MR) is 95.1 cm³/mol. The zero-order valence-electron chi connectivity index (χ0n) is 14.2. The SMILES string of the molecule is Cc1cccc(CNC(=O)c2cnc(N3CCCCCC3)cn2)c1. The van der Waals surface area contributed by atoms with Crippen LogP contribution in [0.15, 0.2) is 36.7 Å². The second-order valence-electron chi connectivity index (χ2n) is 6.33. The molecule has 3 rings (SSSR count). The Morgan fingerprint density at radius 2 is 1.92 bits per heavy atom. The van der Waals surface area contributed by atoms with Crippen LogP contribution in [0.5, 0.6) is 0 Å². The van der Waals surface area contributed by atoms with Gasteiger partial charge in [-0.05, 0) is 25.3 Å². The van der Waals surface area contributed by atoms with Crippen molar-refractivity contribution in [1.82, 2.24) is 15.3 Å². The van der Waals surface area contributed by atoms with Crippen LogP contribution in [0.3, 0.4) is 0 Å². The van der Waals surface area contributed by atoms with E-state index in [4.69, 9.17) is 0 Å². The van der Waals surface area contributed by atoms with E-state index in [1.807, 2.05) is 25.1 Å². The fourth-order valence-corrected chi connectivity index (χ4v) is 3.00. The van der Waals surface area contributed by atoms with Crippen LogP contribution in [0.4, 0.5) is 5.82 Å². The summed E-state index contributed by atoms with van der Waals surface area (Å²) in [6, 6.07) is 8.10. The number of carbonyl (C=O) groups excluding carboxylic acids is 1. The van der Waals surface area contributed by atoms with E-state index < -0.39 is 0 Å². The van der Waals surface area contributed by atoms with E-state index in [-0.39, 0.29) is 5.91 Å². The summed E-state index contributed by atoms with van der Waals surface area (Å²) in [5, 5.41) is 2.90. The Morgan fingerprint density at radius 1 is 1.12 bits per heavy atom. The normalized spacial score (nSPS) is 15.0. The van der Waals surface area contributed by atoms with Crippen molar-refractivity contribution >= 4 is 11.7 Å². The van der Waals surface area contributed by atoms with Crippen LogP contribution in [0.1, 0.15) is 47.3 Å². The van der Waals surface area contributed by atoms with Gasteiger partial charge in [0.2, 0.25) is 0 Å². The predicted octanol–water partition coefficient (Wildman–Crippen LogP) is 3.10. The summed E-state index contributed by atoms with van der Waals surface area (Å²) < 4.78 is 0. The molecular formula is C19H24N4O. The van der Waals surface area contributed by atoms with Gasteiger partial charge in [-0.2, -0.15) is 0 Å². The Morgan fingerprint density at radius 3 is 2.58 bits per heavy atom. The van der Waals surface area contributed by atoms with Gasteiger partial charge in [0.15, 0.2) is 0 Å². The fraction of sp³-hybridized carbons (Fsp3) is 0.421. The first-order valence-corrected chi connectivity index (χ1v) is 8.63. The van der Waals surface area contributed by atoms with Crippen molar-refractivity contribution in [3.63, 3.8) is 0 Å². The molecule has 5 nitrogen and oxygen atoms in total. The highest BCUT2D eigenvalue weighted by Gasteiger charge is 2.13. The number of anilines is 1. The number of carbonyl (C=O) groups is 1. The Balaban J connectivity index is 1.59. The molecule has 0 atom stereocenters. The molecule has 1 aliphatic rings. The van der Waals surface area contributed by atoms with Crippen LogP contribution < -0.4 is 10.2 Å². The molecule has 1 fully saturated rings. The van der Waals surface area contributed by atoms with Crippen LogP contribution in [0.2, 0.25) is 0 Å². The molecule has 24 heavy (non-hydrogen) atoms. The van der Waals surface area contributed by atoms with E-state index in [2.05, 4.69) is 26.3 Å². The molecular weight excluding hydrogens is 300 g/mol. The maximum atomic E-state index is 12.2. The summed E-state index contributed by atoms with van der Waals surface area (Å²) in [4.78, 5) is 23.2. The lowest BCUT2D eigenvalue weighted by Crippen LogP contribution is -2.27. The molecule has 2 heterocycles. The lowest BCUT2D eigenvalue weighted by Gasteiger charge is -2.20. The summed E-state index contributed by atoms with van der Waals surface area (Å²) >= 11 is 0. The van der Waals surface area contributed by atoms with Crippen LogP contribution in [-0.2, 0) is 6.54 Å².